The van der Waals surface area contributed by atoms with E-state index in [2.05, 4.69) is 0 Å². The van der Waals surface area contributed by atoms with E-state index in [0.29, 0.717) is 5.75 Å². The molecule has 7 heteroatoms. The third-order valence-electron chi connectivity index (χ3n) is 3.54. The Balaban J connectivity index is 2.10. The van der Waals surface area contributed by atoms with Crippen molar-refractivity contribution in [3.05, 3.63) is 63.3 Å². The quantitative estimate of drug-likeness (QED) is 0.838. The molecule has 0 aromatic heterocycles. The van der Waals surface area contributed by atoms with Gasteiger partial charge in [0, 0.05) is 11.1 Å². The molecule has 3 rings (SSSR count). The first-order valence-electron chi connectivity index (χ1n) is 6.83. The molecule has 0 unspecified atom stereocenters. The number of fused-ring (bicyclic) bond motifs is 1. The molecule has 0 fully saturated rings. The Morgan fingerprint density at radius 3 is 2.21 bits per heavy atom. The minimum absolute atomic E-state index is 0.00435. The van der Waals surface area contributed by atoms with Gasteiger partial charge in [-0.1, -0.05) is 47.5 Å². The summed E-state index contributed by atoms with van der Waals surface area (Å²) in [5, 5.41) is -0.245. The fourth-order valence-corrected chi connectivity index (χ4v) is 2.84. The molecule has 2 aromatic rings. The van der Waals surface area contributed by atoms with E-state index < -0.39 is 11.6 Å². The van der Waals surface area contributed by atoms with E-state index in [4.69, 9.17) is 38.4 Å². The summed E-state index contributed by atoms with van der Waals surface area (Å²) in [6.45, 7) is 0. The van der Waals surface area contributed by atoms with Crippen molar-refractivity contribution in [3.8, 4) is 11.5 Å². The third-order valence-corrected chi connectivity index (χ3v) is 4.24. The number of hydrogen-bond donors (Lipinski definition) is 1. The number of nitrogens with two attached hydrogens (primary N) is 1. The fourth-order valence-electron chi connectivity index (χ4n) is 2.33. The van der Waals surface area contributed by atoms with Gasteiger partial charge in [-0.05, 0) is 12.1 Å². The molecule has 0 saturated carbocycles. The molecule has 2 aromatic carbocycles. The van der Waals surface area contributed by atoms with Crippen molar-refractivity contribution in [3.63, 3.8) is 0 Å². The van der Waals surface area contributed by atoms with Crippen molar-refractivity contribution >= 4 is 40.5 Å². The number of nitrogen functional groups attached to an aromatic ring is 1. The second-order valence-corrected chi connectivity index (χ2v) is 5.71. The van der Waals surface area contributed by atoms with Crippen molar-refractivity contribution in [2.24, 2.45) is 0 Å². The van der Waals surface area contributed by atoms with Gasteiger partial charge in [0.25, 0.3) is 0 Å². The number of ketones is 2. The predicted molar refractivity (Wildman–Crippen MR) is 91.0 cm³/mol. The van der Waals surface area contributed by atoms with Gasteiger partial charge in [0.2, 0.25) is 11.6 Å². The lowest BCUT2D eigenvalue weighted by Crippen LogP contribution is -2.23. The highest BCUT2D eigenvalue weighted by molar-refractivity contribution is 6.49. The molecule has 0 spiro atoms. The molecule has 24 heavy (non-hydrogen) atoms. The van der Waals surface area contributed by atoms with E-state index in [0.717, 1.165) is 0 Å². The monoisotopic (exact) mass is 363 g/mol. The maximum atomic E-state index is 12.6. The average molecular weight is 364 g/mol. The van der Waals surface area contributed by atoms with Crippen LogP contribution in [0.1, 0.15) is 20.7 Å². The van der Waals surface area contributed by atoms with Crippen molar-refractivity contribution in [1.82, 2.24) is 0 Å². The first-order chi connectivity index (χ1) is 11.5. The van der Waals surface area contributed by atoms with Crippen LogP contribution in [0.5, 0.6) is 11.5 Å². The Labute approximate surface area is 147 Å². The molecule has 122 valence electrons. The third kappa shape index (κ3) is 2.52. The van der Waals surface area contributed by atoms with Crippen LogP contribution in [0.15, 0.2) is 47.2 Å². The van der Waals surface area contributed by atoms with Crippen molar-refractivity contribution in [2.75, 3.05) is 12.8 Å². The Morgan fingerprint density at radius 2 is 1.58 bits per heavy atom. The Morgan fingerprint density at radius 1 is 0.958 bits per heavy atom. The van der Waals surface area contributed by atoms with Crippen LogP contribution < -0.4 is 15.2 Å². The van der Waals surface area contributed by atoms with Gasteiger partial charge in [0.05, 0.1) is 12.8 Å². The van der Waals surface area contributed by atoms with Crippen molar-refractivity contribution in [2.45, 2.75) is 0 Å². The number of hydrogen-bond acceptors (Lipinski definition) is 5. The van der Waals surface area contributed by atoms with E-state index in [1.54, 1.807) is 18.2 Å². The summed E-state index contributed by atoms with van der Waals surface area (Å²) in [5.41, 5.74) is 6.47. The smallest absolute Gasteiger partial charge is 0.230 e. The Bertz CT molecular complexity index is 905. The van der Waals surface area contributed by atoms with Gasteiger partial charge in [0.1, 0.15) is 15.8 Å². The number of benzene rings is 2. The Hall–Kier alpha value is -2.50. The molecule has 1 aliphatic rings. The van der Waals surface area contributed by atoms with Gasteiger partial charge < -0.3 is 15.2 Å². The highest BCUT2D eigenvalue weighted by atomic mass is 35.5. The minimum Gasteiger partial charge on any atom is -0.495 e. The number of carbonyl (C=O) groups is 2. The van der Waals surface area contributed by atoms with Crippen LogP contribution in [0.4, 0.5) is 5.69 Å². The molecule has 0 aliphatic heterocycles. The van der Waals surface area contributed by atoms with Gasteiger partial charge >= 0.3 is 0 Å². The number of ether oxygens (including phenoxy) is 2. The van der Waals surface area contributed by atoms with E-state index >= 15 is 0 Å². The number of carbonyl (C=O) groups excluding carboxylic acids is 2. The summed E-state index contributed by atoms with van der Waals surface area (Å²) in [7, 11) is 1.43. The van der Waals surface area contributed by atoms with Crippen LogP contribution in [0.3, 0.4) is 0 Å². The second-order valence-electron chi connectivity index (χ2n) is 4.95. The van der Waals surface area contributed by atoms with Crippen molar-refractivity contribution in [1.29, 1.82) is 0 Å². The van der Waals surface area contributed by atoms with Crippen LogP contribution >= 0.6 is 23.2 Å². The molecule has 0 heterocycles. The SMILES string of the molecule is COc1ccc(N)c(OC2=C(Cl)C(=O)c3ccccc3C2=O)c1Cl. The number of allylic oxidation sites excluding steroid dienone is 2. The summed E-state index contributed by atoms with van der Waals surface area (Å²) in [4.78, 5) is 25.0. The zero-order valence-corrected chi connectivity index (χ0v) is 13.9. The zero-order chi connectivity index (χ0) is 17.4. The number of halogens is 2. The first kappa shape index (κ1) is 16.4. The lowest BCUT2D eigenvalue weighted by Gasteiger charge is -2.19. The topological polar surface area (TPSA) is 78.6 Å². The molecule has 5 nitrogen and oxygen atoms in total. The van der Waals surface area contributed by atoms with Crippen LogP contribution in [0, 0.1) is 0 Å². The molecule has 0 atom stereocenters. The van der Waals surface area contributed by atoms with Gasteiger partial charge in [-0.15, -0.1) is 0 Å². The number of rotatable bonds is 3. The number of anilines is 1. The lowest BCUT2D eigenvalue weighted by atomic mass is 9.93. The van der Waals surface area contributed by atoms with Gasteiger partial charge in [-0.25, -0.2) is 0 Å². The number of Topliss-reactive ketones (excluding diaryl/α,β-unsaturated/α-hetero) is 2. The predicted octanol–water partition coefficient (Wildman–Crippen LogP) is 3.84. The molecule has 0 radical (unpaired) electrons. The van der Waals surface area contributed by atoms with Crippen LogP contribution in [0.2, 0.25) is 5.02 Å². The summed E-state index contributed by atoms with van der Waals surface area (Å²) < 4.78 is 10.6. The van der Waals surface area contributed by atoms with Crippen molar-refractivity contribution < 1.29 is 19.1 Å². The largest absolute Gasteiger partial charge is 0.495 e. The maximum absolute atomic E-state index is 12.6. The van der Waals surface area contributed by atoms with Gasteiger partial charge in [0.15, 0.2) is 11.5 Å². The van der Waals surface area contributed by atoms with E-state index in [9.17, 15) is 9.59 Å². The van der Waals surface area contributed by atoms with Gasteiger partial charge in [-0.3, -0.25) is 9.59 Å². The molecule has 0 bridgehead atoms. The van der Waals surface area contributed by atoms with E-state index in [1.165, 1.54) is 25.3 Å². The fraction of sp³-hybridized carbons (Fsp3) is 0.0588. The maximum Gasteiger partial charge on any atom is 0.230 e. The molecular formula is C17H11Cl2NO4. The highest BCUT2D eigenvalue weighted by Crippen LogP contribution is 2.41. The average Bonchev–Trinajstić information content (AvgIpc) is 2.59. The zero-order valence-electron chi connectivity index (χ0n) is 12.4. The number of methoxy groups -OCH3 is 1. The van der Waals surface area contributed by atoms with E-state index in [-0.39, 0.29) is 38.4 Å². The molecule has 0 amide bonds. The highest BCUT2D eigenvalue weighted by Gasteiger charge is 2.33. The molecule has 0 saturated heterocycles. The summed E-state index contributed by atoms with van der Waals surface area (Å²) in [6.07, 6.45) is 0. The normalized spacial score (nSPS) is 13.8. The second kappa shape index (κ2) is 6.19. The van der Waals surface area contributed by atoms with Crippen LogP contribution in [0.25, 0.3) is 0 Å². The van der Waals surface area contributed by atoms with Gasteiger partial charge in [-0.2, -0.15) is 0 Å². The molecule has 2 N–H and O–H groups in total. The first-order valence-corrected chi connectivity index (χ1v) is 7.59. The Kier molecular flexibility index (Phi) is 4.22. The van der Waals surface area contributed by atoms with Crippen LogP contribution in [-0.2, 0) is 0 Å². The minimum atomic E-state index is -0.520. The molecule has 1 aliphatic carbocycles. The summed E-state index contributed by atoms with van der Waals surface area (Å²) in [6, 6.07) is 9.42. The summed E-state index contributed by atoms with van der Waals surface area (Å²) >= 11 is 12.2. The molecular weight excluding hydrogens is 353 g/mol. The standard InChI is InChI=1S/C17H11Cl2NO4/c1-23-11-7-6-10(20)16(12(11)18)24-17-13(19)14(21)8-4-2-3-5-9(8)15(17)22/h2-7H,20H2,1H3. The van der Waals surface area contributed by atoms with E-state index in [1.807, 2.05) is 0 Å². The van der Waals surface area contributed by atoms with Crippen LogP contribution in [-0.4, -0.2) is 18.7 Å². The summed E-state index contributed by atoms with van der Waals surface area (Å²) in [5.74, 6) is -1.02. The lowest BCUT2D eigenvalue weighted by molar-refractivity contribution is 0.0943.